The fourth-order valence-corrected chi connectivity index (χ4v) is 3.33. The molecular formula is C18H13NO3. The van der Waals surface area contributed by atoms with Gasteiger partial charge in [-0.25, -0.2) is 0 Å². The van der Waals surface area contributed by atoms with Crippen molar-refractivity contribution in [1.29, 1.82) is 0 Å². The molecule has 4 rings (SSSR count). The van der Waals surface area contributed by atoms with Gasteiger partial charge in [0.1, 0.15) is 0 Å². The SMILES string of the molecule is CC1(C)C=CC(=O)C2=C1C(=O)c1c([nH]c3ccccc13)C2=O. The largest absolute Gasteiger partial charge is 0.351 e. The Kier molecular flexibility index (Phi) is 2.30. The quantitative estimate of drug-likeness (QED) is 0.759. The first-order valence-corrected chi connectivity index (χ1v) is 7.10. The second-order valence-electron chi connectivity index (χ2n) is 6.25. The topological polar surface area (TPSA) is 67.0 Å². The van der Waals surface area contributed by atoms with Gasteiger partial charge in [-0.05, 0) is 12.1 Å². The Morgan fingerprint density at radius 3 is 2.50 bits per heavy atom. The van der Waals surface area contributed by atoms with Crippen LogP contribution in [0.15, 0.2) is 47.6 Å². The minimum atomic E-state index is -0.633. The highest BCUT2D eigenvalue weighted by Gasteiger charge is 2.44. The zero-order valence-corrected chi connectivity index (χ0v) is 12.2. The third kappa shape index (κ3) is 1.44. The van der Waals surface area contributed by atoms with Crippen LogP contribution in [-0.4, -0.2) is 22.3 Å². The minimum absolute atomic E-state index is 0.0107. The molecule has 0 aliphatic heterocycles. The molecule has 4 heteroatoms. The lowest BCUT2D eigenvalue weighted by atomic mass is 9.69. The number of benzene rings is 1. The standard InChI is InChI=1S/C18H13NO3/c1-18(2)8-7-11(20)13-14(18)16(21)12-9-5-3-4-6-10(9)19-15(12)17(13)22/h3-8,19H,1-2H3. The number of rotatable bonds is 0. The monoisotopic (exact) mass is 291 g/mol. The van der Waals surface area contributed by atoms with Gasteiger partial charge in [0.15, 0.2) is 11.6 Å². The van der Waals surface area contributed by atoms with Gasteiger partial charge in [0.2, 0.25) is 5.78 Å². The Labute approximate surface area is 126 Å². The number of para-hydroxylation sites is 1. The summed E-state index contributed by atoms with van der Waals surface area (Å²) in [4.78, 5) is 40.9. The summed E-state index contributed by atoms with van der Waals surface area (Å²) in [6, 6.07) is 7.30. The second-order valence-corrected chi connectivity index (χ2v) is 6.25. The number of H-pyrrole nitrogens is 1. The second kappa shape index (κ2) is 3.91. The maximum atomic E-state index is 13.0. The first-order valence-electron chi connectivity index (χ1n) is 7.10. The van der Waals surface area contributed by atoms with Gasteiger partial charge in [0, 0.05) is 21.9 Å². The number of aromatic nitrogens is 1. The number of nitrogens with one attached hydrogen (secondary N) is 1. The van der Waals surface area contributed by atoms with Crippen molar-refractivity contribution in [3.05, 3.63) is 58.8 Å². The number of hydrogen-bond acceptors (Lipinski definition) is 3. The lowest BCUT2D eigenvalue weighted by Crippen LogP contribution is -2.34. The summed E-state index contributed by atoms with van der Waals surface area (Å²) in [6.45, 7) is 3.69. The number of aromatic amines is 1. The molecular weight excluding hydrogens is 278 g/mol. The van der Waals surface area contributed by atoms with E-state index in [1.165, 1.54) is 6.08 Å². The smallest absolute Gasteiger partial charge is 0.214 e. The molecule has 1 aromatic carbocycles. The molecule has 0 spiro atoms. The molecule has 1 aromatic heterocycles. The highest BCUT2D eigenvalue weighted by atomic mass is 16.2. The molecule has 0 saturated heterocycles. The maximum absolute atomic E-state index is 13.0. The van der Waals surface area contributed by atoms with Crippen LogP contribution in [0.4, 0.5) is 0 Å². The fraction of sp³-hybridized carbons (Fsp3) is 0.167. The number of Topliss-reactive ketones (excluding diaryl/α,β-unsaturated/α-hetero) is 2. The number of ketones is 3. The molecule has 0 fully saturated rings. The molecule has 1 heterocycles. The van der Waals surface area contributed by atoms with Crippen LogP contribution < -0.4 is 0 Å². The number of fused-ring (bicyclic) bond motifs is 3. The van der Waals surface area contributed by atoms with Crippen molar-refractivity contribution in [1.82, 2.24) is 4.98 Å². The van der Waals surface area contributed by atoms with E-state index in [0.29, 0.717) is 11.1 Å². The molecule has 2 aliphatic carbocycles. The van der Waals surface area contributed by atoms with Crippen LogP contribution in [0.3, 0.4) is 0 Å². The molecule has 1 N–H and O–H groups in total. The summed E-state index contributed by atoms with van der Waals surface area (Å²) < 4.78 is 0. The van der Waals surface area contributed by atoms with E-state index in [9.17, 15) is 14.4 Å². The first kappa shape index (κ1) is 13.0. The lowest BCUT2D eigenvalue weighted by Gasteiger charge is -2.31. The van der Waals surface area contributed by atoms with E-state index in [1.54, 1.807) is 6.08 Å². The van der Waals surface area contributed by atoms with Crippen LogP contribution >= 0.6 is 0 Å². The van der Waals surface area contributed by atoms with Gasteiger partial charge in [-0.3, -0.25) is 14.4 Å². The van der Waals surface area contributed by atoms with Crippen molar-refractivity contribution in [3.8, 4) is 0 Å². The van der Waals surface area contributed by atoms with E-state index in [2.05, 4.69) is 4.98 Å². The van der Waals surface area contributed by atoms with Crippen LogP contribution in [-0.2, 0) is 4.79 Å². The Hall–Kier alpha value is -2.75. The van der Waals surface area contributed by atoms with Gasteiger partial charge >= 0.3 is 0 Å². The molecule has 0 saturated carbocycles. The molecule has 22 heavy (non-hydrogen) atoms. The Morgan fingerprint density at radius 2 is 1.73 bits per heavy atom. The molecule has 0 radical (unpaired) electrons. The zero-order chi connectivity index (χ0) is 15.6. The Morgan fingerprint density at radius 1 is 1.00 bits per heavy atom. The highest BCUT2D eigenvalue weighted by molar-refractivity contribution is 6.41. The van der Waals surface area contributed by atoms with Crippen LogP contribution in [0.1, 0.15) is 34.7 Å². The summed E-state index contributed by atoms with van der Waals surface area (Å²) >= 11 is 0. The van der Waals surface area contributed by atoms with Crippen LogP contribution in [0.5, 0.6) is 0 Å². The van der Waals surface area contributed by atoms with Crippen LogP contribution in [0.25, 0.3) is 10.9 Å². The summed E-state index contributed by atoms with van der Waals surface area (Å²) in [5, 5.41) is 0.722. The van der Waals surface area contributed by atoms with Crippen LogP contribution in [0.2, 0.25) is 0 Å². The predicted octanol–water partition coefficient (Wildman–Crippen LogP) is 3.01. The van der Waals surface area contributed by atoms with Crippen LogP contribution in [0, 0.1) is 5.41 Å². The van der Waals surface area contributed by atoms with Crippen molar-refractivity contribution >= 4 is 28.3 Å². The van der Waals surface area contributed by atoms with E-state index >= 15 is 0 Å². The zero-order valence-electron chi connectivity index (χ0n) is 12.2. The number of allylic oxidation sites excluding steroid dienone is 4. The average Bonchev–Trinajstić information content (AvgIpc) is 2.87. The summed E-state index contributed by atoms with van der Waals surface area (Å²) in [5.74, 6) is -1.01. The summed E-state index contributed by atoms with van der Waals surface area (Å²) in [7, 11) is 0. The lowest BCUT2D eigenvalue weighted by molar-refractivity contribution is -0.111. The molecule has 2 aromatic rings. The predicted molar refractivity (Wildman–Crippen MR) is 81.9 cm³/mol. The van der Waals surface area contributed by atoms with E-state index in [4.69, 9.17) is 0 Å². The number of hydrogen-bond donors (Lipinski definition) is 1. The van der Waals surface area contributed by atoms with Gasteiger partial charge < -0.3 is 4.98 Å². The van der Waals surface area contributed by atoms with Crippen molar-refractivity contribution < 1.29 is 14.4 Å². The molecule has 2 aliphatic rings. The van der Waals surface area contributed by atoms with E-state index in [1.807, 2.05) is 38.1 Å². The van der Waals surface area contributed by atoms with E-state index in [0.717, 1.165) is 10.9 Å². The van der Waals surface area contributed by atoms with Crippen molar-refractivity contribution in [3.63, 3.8) is 0 Å². The van der Waals surface area contributed by atoms with Gasteiger partial charge in [0.25, 0.3) is 0 Å². The average molecular weight is 291 g/mol. The molecule has 0 bridgehead atoms. The van der Waals surface area contributed by atoms with Gasteiger partial charge in [-0.1, -0.05) is 38.1 Å². The fourth-order valence-electron chi connectivity index (χ4n) is 3.33. The molecule has 4 nitrogen and oxygen atoms in total. The summed E-state index contributed by atoms with van der Waals surface area (Å²) in [6.07, 6.45) is 3.08. The highest BCUT2D eigenvalue weighted by Crippen LogP contribution is 2.42. The van der Waals surface area contributed by atoms with Crippen molar-refractivity contribution in [2.45, 2.75) is 13.8 Å². The van der Waals surface area contributed by atoms with Crippen molar-refractivity contribution in [2.24, 2.45) is 5.41 Å². The Balaban J connectivity index is 2.09. The Bertz CT molecular complexity index is 954. The van der Waals surface area contributed by atoms with Gasteiger partial charge in [0.05, 0.1) is 16.8 Å². The summed E-state index contributed by atoms with van der Waals surface area (Å²) in [5.41, 5.74) is 1.03. The van der Waals surface area contributed by atoms with Gasteiger partial charge in [-0.2, -0.15) is 0 Å². The number of carbonyl (C=O) groups is 3. The van der Waals surface area contributed by atoms with Gasteiger partial charge in [-0.15, -0.1) is 0 Å². The molecule has 0 atom stereocenters. The normalized spacial score (nSPS) is 19.6. The first-order chi connectivity index (χ1) is 10.4. The number of carbonyl (C=O) groups excluding carboxylic acids is 3. The van der Waals surface area contributed by atoms with Crippen molar-refractivity contribution in [2.75, 3.05) is 0 Å². The molecule has 108 valence electrons. The minimum Gasteiger partial charge on any atom is -0.351 e. The molecule has 0 unspecified atom stereocenters. The maximum Gasteiger partial charge on any atom is 0.214 e. The molecule has 0 amide bonds. The van der Waals surface area contributed by atoms with E-state index in [-0.39, 0.29) is 22.8 Å². The third-order valence-corrected chi connectivity index (χ3v) is 4.41. The van der Waals surface area contributed by atoms with E-state index < -0.39 is 11.2 Å². The third-order valence-electron chi connectivity index (χ3n) is 4.41.